The largest absolute Gasteiger partial charge is 0.496 e. The van der Waals surface area contributed by atoms with E-state index in [-0.39, 0.29) is 5.84 Å². The predicted molar refractivity (Wildman–Crippen MR) is 82.3 cm³/mol. The van der Waals surface area contributed by atoms with E-state index in [1.165, 1.54) is 18.4 Å². The topological polar surface area (TPSA) is 62.3 Å². The van der Waals surface area contributed by atoms with Crippen LogP contribution in [0, 0.1) is 11.3 Å². The first kappa shape index (κ1) is 14.9. The molecule has 1 saturated heterocycles. The zero-order valence-electron chi connectivity index (χ0n) is 12.6. The van der Waals surface area contributed by atoms with Gasteiger partial charge in [0.15, 0.2) is 0 Å². The van der Waals surface area contributed by atoms with Crippen molar-refractivity contribution in [2.75, 3.05) is 13.7 Å². The molecule has 110 valence electrons. The Kier molecular flexibility index (Phi) is 4.65. The van der Waals surface area contributed by atoms with Gasteiger partial charge in [-0.3, -0.25) is 10.3 Å². The van der Waals surface area contributed by atoms with E-state index in [0.29, 0.717) is 17.4 Å². The Balaban J connectivity index is 2.13. The van der Waals surface area contributed by atoms with Crippen LogP contribution in [0.4, 0.5) is 0 Å². The fraction of sp³-hybridized carbons (Fsp3) is 0.562. The number of hydrogen-bond donors (Lipinski definition) is 2. The average molecular weight is 275 g/mol. The van der Waals surface area contributed by atoms with E-state index < -0.39 is 0 Å². The van der Waals surface area contributed by atoms with Gasteiger partial charge in [-0.2, -0.15) is 0 Å². The third-order valence-electron chi connectivity index (χ3n) is 4.22. The van der Waals surface area contributed by atoms with Crippen molar-refractivity contribution in [3.63, 3.8) is 0 Å². The summed E-state index contributed by atoms with van der Waals surface area (Å²) in [6.45, 7) is 6.68. The molecule has 1 fully saturated rings. The first-order valence-corrected chi connectivity index (χ1v) is 7.26. The molecule has 4 heteroatoms. The summed E-state index contributed by atoms with van der Waals surface area (Å²) in [5, 5.41) is 7.65. The molecule has 1 aliphatic heterocycles. The van der Waals surface area contributed by atoms with Crippen molar-refractivity contribution in [2.45, 2.75) is 39.3 Å². The number of nitrogens with zero attached hydrogens (tertiary/aromatic N) is 1. The van der Waals surface area contributed by atoms with E-state index in [0.717, 1.165) is 19.0 Å². The lowest BCUT2D eigenvalue weighted by Crippen LogP contribution is -2.39. The highest BCUT2D eigenvalue weighted by atomic mass is 16.5. The van der Waals surface area contributed by atoms with Gasteiger partial charge in [-0.15, -0.1) is 0 Å². The molecule has 1 aromatic carbocycles. The van der Waals surface area contributed by atoms with Crippen molar-refractivity contribution >= 4 is 5.84 Å². The molecule has 0 bridgehead atoms. The molecule has 0 saturated carbocycles. The Morgan fingerprint density at radius 1 is 1.45 bits per heavy atom. The summed E-state index contributed by atoms with van der Waals surface area (Å²) in [4.78, 5) is 2.51. The third-order valence-corrected chi connectivity index (χ3v) is 4.22. The zero-order chi connectivity index (χ0) is 14.7. The van der Waals surface area contributed by atoms with E-state index in [9.17, 15) is 0 Å². The van der Waals surface area contributed by atoms with Crippen molar-refractivity contribution < 1.29 is 4.74 Å². The van der Waals surface area contributed by atoms with Gasteiger partial charge in [0, 0.05) is 12.6 Å². The van der Waals surface area contributed by atoms with Gasteiger partial charge < -0.3 is 10.5 Å². The maximum Gasteiger partial charge on any atom is 0.129 e. The number of likely N-dealkylation sites (tertiary alicyclic amines) is 1. The van der Waals surface area contributed by atoms with Gasteiger partial charge in [-0.1, -0.05) is 13.0 Å². The average Bonchev–Trinajstić information content (AvgIpc) is 2.41. The number of methoxy groups -OCH3 is 1. The monoisotopic (exact) mass is 275 g/mol. The van der Waals surface area contributed by atoms with E-state index in [2.05, 4.69) is 24.8 Å². The molecule has 0 aliphatic carbocycles. The summed E-state index contributed by atoms with van der Waals surface area (Å²) in [6, 6.07) is 6.56. The summed E-state index contributed by atoms with van der Waals surface area (Å²) in [5.74, 6) is 1.55. The van der Waals surface area contributed by atoms with E-state index in [4.69, 9.17) is 15.9 Å². The fourth-order valence-corrected chi connectivity index (χ4v) is 2.99. The second kappa shape index (κ2) is 6.27. The summed E-state index contributed by atoms with van der Waals surface area (Å²) in [6.07, 6.45) is 2.52. The normalized spacial score (nSPS) is 23.6. The van der Waals surface area contributed by atoms with Crippen molar-refractivity contribution in [2.24, 2.45) is 11.7 Å². The highest BCUT2D eigenvalue weighted by Crippen LogP contribution is 2.25. The van der Waals surface area contributed by atoms with Gasteiger partial charge in [0.2, 0.25) is 0 Å². The third kappa shape index (κ3) is 3.31. The van der Waals surface area contributed by atoms with Crippen LogP contribution in [0.15, 0.2) is 18.2 Å². The van der Waals surface area contributed by atoms with Gasteiger partial charge in [-0.25, -0.2) is 0 Å². The molecule has 20 heavy (non-hydrogen) atoms. The number of nitrogens with two attached hydrogens (primary N) is 1. The fourth-order valence-electron chi connectivity index (χ4n) is 2.99. The second-order valence-corrected chi connectivity index (χ2v) is 5.90. The molecule has 0 aromatic heterocycles. The molecule has 3 N–H and O–H groups in total. The van der Waals surface area contributed by atoms with Gasteiger partial charge in [0.25, 0.3) is 0 Å². The predicted octanol–water partition coefficient (Wildman–Crippen LogP) is 2.60. The minimum atomic E-state index is 0.0593. The van der Waals surface area contributed by atoms with Crippen LogP contribution in [0.25, 0.3) is 0 Å². The molecule has 1 aliphatic rings. The molecular formula is C16H25N3O. The maximum absolute atomic E-state index is 7.65. The number of nitrogen functional groups attached to an aromatic ring is 1. The number of rotatable bonds is 4. The summed E-state index contributed by atoms with van der Waals surface area (Å²) in [5.41, 5.74) is 7.50. The van der Waals surface area contributed by atoms with Gasteiger partial charge in [0.05, 0.1) is 12.7 Å². The van der Waals surface area contributed by atoms with Gasteiger partial charge in [-0.05, 0) is 49.9 Å². The minimum Gasteiger partial charge on any atom is -0.496 e. The lowest BCUT2D eigenvalue weighted by atomic mass is 9.93. The number of hydrogen-bond acceptors (Lipinski definition) is 3. The summed E-state index contributed by atoms with van der Waals surface area (Å²) >= 11 is 0. The van der Waals surface area contributed by atoms with Crippen molar-refractivity contribution in [1.29, 1.82) is 5.41 Å². The van der Waals surface area contributed by atoms with Crippen LogP contribution in [-0.4, -0.2) is 30.4 Å². The van der Waals surface area contributed by atoms with Crippen molar-refractivity contribution in [3.05, 3.63) is 29.3 Å². The van der Waals surface area contributed by atoms with E-state index in [1.54, 1.807) is 7.11 Å². The highest BCUT2D eigenvalue weighted by Gasteiger charge is 2.23. The van der Waals surface area contributed by atoms with Crippen LogP contribution in [-0.2, 0) is 6.54 Å². The lowest BCUT2D eigenvalue weighted by Gasteiger charge is -2.36. The number of ether oxygens (including phenoxy) is 1. The Hall–Kier alpha value is -1.55. The molecule has 0 amide bonds. The van der Waals surface area contributed by atoms with Crippen LogP contribution in [0.2, 0.25) is 0 Å². The molecule has 0 radical (unpaired) electrons. The van der Waals surface area contributed by atoms with Gasteiger partial charge in [0.1, 0.15) is 11.6 Å². The zero-order valence-corrected chi connectivity index (χ0v) is 12.6. The SMILES string of the molecule is COc1ccc(CN2CCC(C)CC2C)cc1C(=N)N. The smallest absolute Gasteiger partial charge is 0.129 e. The Bertz CT molecular complexity index is 487. The number of benzene rings is 1. The van der Waals surface area contributed by atoms with E-state index >= 15 is 0 Å². The molecule has 2 rings (SSSR count). The first-order chi connectivity index (χ1) is 9.51. The first-order valence-electron chi connectivity index (χ1n) is 7.26. The maximum atomic E-state index is 7.65. The highest BCUT2D eigenvalue weighted by molar-refractivity contribution is 5.97. The van der Waals surface area contributed by atoms with Crippen LogP contribution in [0.1, 0.15) is 37.8 Å². The summed E-state index contributed by atoms with van der Waals surface area (Å²) < 4.78 is 5.25. The van der Waals surface area contributed by atoms with Crippen LogP contribution < -0.4 is 10.5 Å². The van der Waals surface area contributed by atoms with Crippen LogP contribution in [0.3, 0.4) is 0 Å². The van der Waals surface area contributed by atoms with Crippen molar-refractivity contribution in [3.8, 4) is 5.75 Å². The standard InChI is InChI=1S/C16H25N3O/c1-11-6-7-19(12(2)8-11)10-13-4-5-15(20-3)14(9-13)16(17)18/h4-5,9,11-12H,6-8,10H2,1-3H3,(H3,17,18). The second-order valence-electron chi connectivity index (χ2n) is 5.90. The number of piperidine rings is 1. The Morgan fingerprint density at radius 3 is 2.80 bits per heavy atom. The summed E-state index contributed by atoms with van der Waals surface area (Å²) in [7, 11) is 1.61. The van der Waals surface area contributed by atoms with E-state index in [1.807, 2.05) is 12.1 Å². The molecular weight excluding hydrogens is 250 g/mol. The minimum absolute atomic E-state index is 0.0593. The Labute approximate surface area is 121 Å². The number of amidine groups is 1. The molecule has 0 spiro atoms. The van der Waals surface area contributed by atoms with Gasteiger partial charge >= 0.3 is 0 Å². The molecule has 1 heterocycles. The molecule has 2 unspecified atom stereocenters. The lowest BCUT2D eigenvalue weighted by molar-refractivity contribution is 0.122. The molecule has 4 nitrogen and oxygen atoms in total. The van der Waals surface area contributed by atoms with Crippen LogP contribution >= 0.6 is 0 Å². The molecule has 1 aromatic rings. The Morgan fingerprint density at radius 2 is 2.20 bits per heavy atom. The number of nitrogens with one attached hydrogen (secondary N) is 1. The quantitative estimate of drug-likeness (QED) is 0.656. The van der Waals surface area contributed by atoms with Crippen molar-refractivity contribution in [1.82, 2.24) is 4.90 Å². The van der Waals surface area contributed by atoms with Crippen LogP contribution in [0.5, 0.6) is 5.75 Å². The molecule has 2 atom stereocenters.